The Kier molecular flexibility index (Phi) is 5.19. The number of hydrogen-bond acceptors (Lipinski definition) is 2. The van der Waals surface area contributed by atoms with E-state index in [1.165, 1.54) is 12.1 Å². The first kappa shape index (κ1) is 13.4. The molecule has 0 radical (unpaired) electrons. The maximum Gasteiger partial charge on any atom is 0.125 e. The van der Waals surface area contributed by atoms with Gasteiger partial charge in [0.15, 0.2) is 0 Å². The second-order valence-electron chi connectivity index (χ2n) is 4.14. The van der Waals surface area contributed by atoms with E-state index in [-0.39, 0.29) is 18.0 Å². The number of nitrogens with one attached hydrogen (secondary N) is 1. The summed E-state index contributed by atoms with van der Waals surface area (Å²) >= 11 is 5.74. The molecule has 0 aliphatic rings. The van der Waals surface area contributed by atoms with Crippen LogP contribution in [0.1, 0.15) is 25.8 Å². The zero-order valence-electron chi connectivity index (χ0n) is 9.50. The number of aliphatic hydroxyl groups is 1. The summed E-state index contributed by atoms with van der Waals surface area (Å²) in [7, 11) is 0. The predicted octanol–water partition coefficient (Wildman–Crippen LogP) is 2.73. The highest BCUT2D eigenvalue weighted by Gasteiger charge is 2.06. The smallest absolute Gasteiger partial charge is 0.125 e. The molecular weight excluding hydrogens is 229 g/mol. The lowest BCUT2D eigenvalue weighted by molar-refractivity contribution is 0.170. The van der Waals surface area contributed by atoms with Gasteiger partial charge in [0, 0.05) is 17.6 Å². The van der Waals surface area contributed by atoms with Crippen LogP contribution in [0.2, 0.25) is 5.02 Å². The van der Waals surface area contributed by atoms with Crippen molar-refractivity contribution in [2.24, 2.45) is 0 Å². The number of halogens is 2. The Morgan fingerprint density at radius 2 is 2.06 bits per heavy atom. The molecule has 0 aliphatic heterocycles. The maximum absolute atomic E-state index is 13.0. The summed E-state index contributed by atoms with van der Waals surface area (Å²) in [5.74, 6) is -0.326. The summed E-state index contributed by atoms with van der Waals surface area (Å²) in [5.41, 5.74) is 0.808. The van der Waals surface area contributed by atoms with Gasteiger partial charge in [-0.05, 0) is 44.0 Å². The van der Waals surface area contributed by atoms with Crippen LogP contribution in [0.4, 0.5) is 4.39 Å². The second kappa shape index (κ2) is 6.18. The van der Waals surface area contributed by atoms with E-state index in [0.717, 1.165) is 5.56 Å². The molecular formula is C12H17ClFNO. The second-order valence-corrected chi connectivity index (χ2v) is 4.58. The van der Waals surface area contributed by atoms with Crippen molar-refractivity contribution in [1.29, 1.82) is 0 Å². The van der Waals surface area contributed by atoms with Crippen LogP contribution in [0.15, 0.2) is 18.2 Å². The van der Waals surface area contributed by atoms with Crippen molar-refractivity contribution in [3.8, 4) is 0 Å². The Hall–Kier alpha value is -0.640. The van der Waals surface area contributed by atoms with Gasteiger partial charge in [-0.3, -0.25) is 0 Å². The van der Waals surface area contributed by atoms with Gasteiger partial charge in [0.05, 0.1) is 6.10 Å². The molecule has 0 aliphatic carbocycles. The normalized spacial score (nSPS) is 14.8. The van der Waals surface area contributed by atoms with E-state index in [1.807, 2.05) is 6.92 Å². The molecule has 4 heteroatoms. The first-order chi connectivity index (χ1) is 7.47. The van der Waals surface area contributed by atoms with Crippen molar-refractivity contribution >= 4 is 11.6 Å². The summed E-state index contributed by atoms with van der Waals surface area (Å²) in [6, 6.07) is 4.65. The molecule has 0 saturated carbocycles. The molecule has 2 unspecified atom stereocenters. The van der Waals surface area contributed by atoms with Crippen molar-refractivity contribution in [2.75, 3.05) is 0 Å². The molecule has 2 atom stereocenters. The van der Waals surface area contributed by atoms with E-state index in [0.29, 0.717) is 18.0 Å². The molecule has 1 aromatic rings. The minimum Gasteiger partial charge on any atom is -0.393 e. The van der Waals surface area contributed by atoms with Crippen LogP contribution in [0, 0.1) is 5.82 Å². The van der Waals surface area contributed by atoms with E-state index in [4.69, 9.17) is 11.6 Å². The third-order valence-electron chi connectivity index (χ3n) is 2.27. The van der Waals surface area contributed by atoms with Crippen molar-refractivity contribution in [3.63, 3.8) is 0 Å². The molecule has 2 N–H and O–H groups in total. The highest BCUT2D eigenvalue weighted by atomic mass is 35.5. The molecule has 2 nitrogen and oxygen atoms in total. The molecule has 90 valence electrons. The third kappa shape index (κ3) is 4.92. The SMILES string of the molecule is CC(O)CC(C)NCc1cc(F)cc(Cl)c1. The van der Waals surface area contributed by atoms with E-state index in [1.54, 1.807) is 13.0 Å². The standard InChI is InChI=1S/C12H17ClFNO/c1-8(3-9(2)16)15-7-10-4-11(13)6-12(14)5-10/h4-6,8-9,15-16H,3,7H2,1-2H3. The van der Waals surface area contributed by atoms with Gasteiger partial charge in [-0.25, -0.2) is 4.39 Å². The fourth-order valence-corrected chi connectivity index (χ4v) is 1.84. The Bertz CT molecular complexity index is 324. The lowest BCUT2D eigenvalue weighted by atomic mass is 10.1. The zero-order chi connectivity index (χ0) is 12.1. The van der Waals surface area contributed by atoms with Crippen LogP contribution in [0.25, 0.3) is 0 Å². The van der Waals surface area contributed by atoms with Crippen LogP contribution >= 0.6 is 11.6 Å². The van der Waals surface area contributed by atoms with Gasteiger partial charge in [0.1, 0.15) is 5.82 Å². The van der Waals surface area contributed by atoms with Crippen LogP contribution < -0.4 is 5.32 Å². The van der Waals surface area contributed by atoms with Crippen molar-refractivity contribution in [3.05, 3.63) is 34.6 Å². The van der Waals surface area contributed by atoms with E-state index in [9.17, 15) is 9.50 Å². The summed E-state index contributed by atoms with van der Waals surface area (Å²) in [6.45, 7) is 4.27. The number of rotatable bonds is 5. The van der Waals surface area contributed by atoms with E-state index in [2.05, 4.69) is 5.32 Å². The average Bonchev–Trinajstić information content (AvgIpc) is 2.12. The van der Waals surface area contributed by atoms with Gasteiger partial charge in [0.25, 0.3) is 0 Å². The molecule has 0 bridgehead atoms. The molecule has 0 saturated heterocycles. The van der Waals surface area contributed by atoms with Crippen LogP contribution in [-0.4, -0.2) is 17.3 Å². The summed E-state index contributed by atoms with van der Waals surface area (Å²) < 4.78 is 13.0. The van der Waals surface area contributed by atoms with Gasteiger partial charge in [-0.2, -0.15) is 0 Å². The van der Waals surface area contributed by atoms with Crippen molar-refractivity contribution in [2.45, 2.75) is 39.0 Å². The first-order valence-electron chi connectivity index (χ1n) is 5.34. The third-order valence-corrected chi connectivity index (χ3v) is 2.49. The minimum absolute atomic E-state index is 0.182. The van der Waals surface area contributed by atoms with Gasteiger partial charge in [-0.1, -0.05) is 11.6 Å². The maximum atomic E-state index is 13.0. The van der Waals surface area contributed by atoms with E-state index < -0.39 is 0 Å². The largest absolute Gasteiger partial charge is 0.393 e. The Morgan fingerprint density at radius 1 is 1.38 bits per heavy atom. The van der Waals surface area contributed by atoms with Gasteiger partial charge < -0.3 is 10.4 Å². The summed E-state index contributed by atoms with van der Waals surface area (Å²) in [6.07, 6.45) is 0.335. The van der Waals surface area contributed by atoms with Gasteiger partial charge >= 0.3 is 0 Å². The molecule has 0 aromatic heterocycles. The quantitative estimate of drug-likeness (QED) is 0.836. The molecule has 0 amide bonds. The lowest BCUT2D eigenvalue weighted by Gasteiger charge is -2.15. The molecule has 0 fully saturated rings. The van der Waals surface area contributed by atoms with Crippen molar-refractivity contribution < 1.29 is 9.50 Å². The number of hydrogen-bond donors (Lipinski definition) is 2. The molecule has 0 heterocycles. The highest BCUT2D eigenvalue weighted by molar-refractivity contribution is 6.30. The summed E-state index contributed by atoms with van der Waals surface area (Å²) in [4.78, 5) is 0. The summed E-state index contributed by atoms with van der Waals surface area (Å²) in [5, 5.41) is 12.8. The van der Waals surface area contributed by atoms with Crippen LogP contribution in [0.5, 0.6) is 0 Å². The fraction of sp³-hybridized carbons (Fsp3) is 0.500. The Morgan fingerprint density at radius 3 is 2.62 bits per heavy atom. The van der Waals surface area contributed by atoms with E-state index >= 15 is 0 Å². The first-order valence-corrected chi connectivity index (χ1v) is 5.71. The molecule has 1 rings (SSSR count). The Balaban J connectivity index is 2.48. The number of aliphatic hydroxyl groups excluding tert-OH is 1. The Labute approximate surface area is 100 Å². The van der Waals surface area contributed by atoms with Gasteiger partial charge in [0.2, 0.25) is 0 Å². The average molecular weight is 246 g/mol. The number of benzene rings is 1. The molecule has 0 spiro atoms. The zero-order valence-corrected chi connectivity index (χ0v) is 10.3. The predicted molar refractivity (Wildman–Crippen MR) is 64.0 cm³/mol. The van der Waals surface area contributed by atoms with Crippen LogP contribution in [0.3, 0.4) is 0 Å². The minimum atomic E-state index is -0.335. The highest BCUT2D eigenvalue weighted by Crippen LogP contribution is 2.14. The molecule has 16 heavy (non-hydrogen) atoms. The lowest BCUT2D eigenvalue weighted by Crippen LogP contribution is -2.28. The fourth-order valence-electron chi connectivity index (χ4n) is 1.60. The monoisotopic (exact) mass is 245 g/mol. The van der Waals surface area contributed by atoms with Crippen LogP contribution in [-0.2, 0) is 6.54 Å². The molecule has 1 aromatic carbocycles. The topological polar surface area (TPSA) is 32.3 Å². The van der Waals surface area contributed by atoms with Gasteiger partial charge in [-0.15, -0.1) is 0 Å². The van der Waals surface area contributed by atoms with Crippen molar-refractivity contribution in [1.82, 2.24) is 5.32 Å².